The number of thiazole rings is 1. The maximum absolute atomic E-state index is 12.8. The van der Waals surface area contributed by atoms with Crippen LogP contribution in [0.15, 0.2) is 11.6 Å². The number of nitrogens with two attached hydrogens (primary N) is 1. The van der Waals surface area contributed by atoms with Crippen molar-refractivity contribution in [1.29, 1.82) is 0 Å². The third-order valence-corrected chi connectivity index (χ3v) is 5.49. The Morgan fingerprint density at radius 2 is 2.10 bits per heavy atom. The van der Waals surface area contributed by atoms with E-state index in [0.717, 1.165) is 37.1 Å². The fourth-order valence-electron chi connectivity index (χ4n) is 2.73. The van der Waals surface area contributed by atoms with E-state index in [9.17, 15) is 4.79 Å². The predicted octanol–water partition coefficient (Wildman–Crippen LogP) is 2.73. The molecule has 0 spiro atoms. The van der Waals surface area contributed by atoms with Gasteiger partial charge in [-0.05, 0) is 26.7 Å². The van der Waals surface area contributed by atoms with E-state index >= 15 is 0 Å². The van der Waals surface area contributed by atoms with E-state index in [0.29, 0.717) is 4.99 Å². The Balaban J connectivity index is 2.19. The molecule has 1 saturated carbocycles. The third-order valence-electron chi connectivity index (χ3n) is 4.01. The maximum Gasteiger partial charge on any atom is 0.233 e. The van der Waals surface area contributed by atoms with E-state index in [1.165, 1.54) is 11.3 Å². The van der Waals surface area contributed by atoms with Crippen LogP contribution in [0.2, 0.25) is 0 Å². The van der Waals surface area contributed by atoms with Crippen molar-refractivity contribution in [2.24, 2.45) is 11.1 Å². The summed E-state index contributed by atoms with van der Waals surface area (Å²) < 4.78 is 0. The average Bonchev–Trinajstić information content (AvgIpc) is 2.93. The summed E-state index contributed by atoms with van der Waals surface area (Å²) in [4.78, 5) is 17.4. The van der Waals surface area contributed by atoms with E-state index in [1.54, 1.807) is 6.20 Å². The zero-order valence-electron chi connectivity index (χ0n) is 11.9. The van der Waals surface area contributed by atoms with Gasteiger partial charge < -0.3 is 11.1 Å². The van der Waals surface area contributed by atoms with Gasteiger partial charge in [-0.25, -0.2) is 4.98 Å². The average molecular weight is 311 g/mol. The smallest absolute Gasteiger partial charge is 0.233 e. The van der Waals surface area contributed by atoms with Gasteiger partial charge in [-0.2, -0.15) is 0 Å². The second-order valence-corrected chi connectivity index (χ2v) is 7.26. The fourth-order valence-corrected chi connectivity index (χ4v) is 3.74. The van der Waals surface area contributed by atoms with Crippen molar-refractivity contribution < 1.29 is 4.79 Å². The molecular weight excluding hydrogens is 290 g/mol. The number of carbonyl (C=O) groups excluding carboxylic acids is 1. The molecule has 3 N–H and O–H groups in total. The van der Waals surface area contributed by atoms with Crippen LogP contribution in [0.3, 0.4) is 0 Å². The molecular formula is C14H21N3OS2. The highest BCUT2D eigenvalue weighted by atomic mass is 32.1. The van der Waals surface area contributed by atoms with Crippen molar-refractivity contribution in [3.8, 4) is 0 Å². The molecule has 1 heterocycles. The Bertz CT molecular complexity index is 491. The molecule has 1 fully saturated rings. The summed E-state index contributed by atoms with van der Waals surface area (Å²) >= 11 is 6.73. The van der Waals surface area contributed by atoms with E-state index in [2.05, 4.69) is 10.3 Å². The lowest BCUT2D eigenvalue weighted by Crippen LogP contribution is -2.54. The van der Waals surface area contributed by atoms with Crippen LogP contribution in [-0.2, 0) is 10.3 Å². The van der Waals surface area contributed by atoms with Gasteiger partial charge in [-0.15, -0.1) is 11.3 Å². The Hall–Kier alpha value is -1.01. The molecule has 1 amide bonds. The highest BCUT2D eigenvalue weighted by Gasteiger charge is 2.44. The molecule has 1 aliphatic carbocycles. The second-order valence-electron chi connectivity index (χ2n) is 5.92. The molecule has 2 rings (SSSR count). The summed E-state index contributed by atoms with van der Waals surface area (Å²) in [6.07, 6.45) is 6.40. The zero-order chi connectivity index (χ0) is 14.8. The molecule has 0 aliphatic heterocycles. The maximum atomic E-state index is 12.8. The van der Waals surface area contributed by atoms with Gasteiger partial charge >= 0.3 is 0 Å². The zero-order valence-corrected chi connectivity index (χ0v) is 13.6. The second kappa shape index (κ2) is 5.77. The van der Waals surface area contributed by atoms with Gasteiger partial charge in [-0.3, -0.25) is 4.79 Å². The van der Waals surface area contributed by atoms with E-state index in [4.69, 9.17) is 18.0 Å². The quantitative estimate of drug-likeness (QED) is 0.839. The van der Waals surface area contributed by atoms with Gasteiger partial charge in [-0.1, -0.05) is 31.5 Å². The fraction of sp³-hybridized carbons (Fsp3) is 0.643. The molecule has 110 valence electrons. The standard InChI is InChI=1S/C14H21N3OS2/c1-13(2,12-16-8-9-20-12)17-11(18)14(10(15)19)6-4-3-5-7-14/h8-9H,3-7H2,1-2H3,(H2,15,19)(H,17,18). The molecule has 1 aromatic rings. The summed E-state index contributed by atoms with van der Waals surface area (Å²) in [6, 6.07) is 0. The number of nitrogens with one attached hydrogen (secondary N) is 1. The van der Waals surface area contributed by atoms with Gasteiger partial charge in [0, 0.05) is 11.6 Å². The molecule has 4 nitrogen and oxygen atoms in total. The summed E-state index contributed by atoms with van der Waals surface area (Å²) in [5.74, 6) is -0.0510. The van der Waals surface area contributed by atoms with Gasteiger partial charge in [0.2, 0.25) is 5.91 Å². The van der Waals surface area contributed by atoms with Crippen molar-refractivity contribution in [1.82, 2.24) is 10.3 Å². The Labute approximate surface area is 129 Å². The van der Waals surface area contributed by atoms with Crippen molar-refractivity contribution in [3.05, 3.63) is 16.6 Å². The number of rotatable bonds is 4. The third kappa shape index (κ3) is 2.86. The lowest BCUT2D eigenvalue weighted by Gasteiger charge is -2.37. The van der Waals surface area contributed by atoms with E-state index in [-0.39, 0.29) is 5.91 Å². The summed E-state index contributed by atoms with van der Waals surface area (Å²) in [6.45, 7) is 3.92. The molecule has 0 aromatic carbocycles. The van der Waals surface area contributed by atoms with Crippen molar-refractivity contribution >= 4 is 34.5 Å². The Morgan fingerprint density at radius 1 is 1.45 bits per heavy atom. The molecule has 1 aliphatic rings. The lowest BCUT2D eigenvalue weighted by molar-refractivity contribution is -0.130. The SMILES string of the molecule is CC(C)(NC(=O)C1(C(N)=S)CCCCC1)c1nccs1. The number of nitrogens with zero attached hydrogens (tertiary/aromatic N) is 1. The van der Waals surface area contributed by atoms with Crippen LogP contribution in [-0.4, -0.2) is 15.9 Å². The molecule has 0 bridgehead atoms. The molecule has 6 heteroatoms. The molecule has 0 radical (unpaired) electrons. The predicted molar refractivity (Wildman–Crippen MR) is 85.6 cm³/mol. The number of carbonyl (C=O) groups is 1. The number of hydrogen-bond acceptors (Lipinski definition) is 4. The first-order chi connectivity index (χ1) is 9.38. The summed E-state index contributed by atoms with van der Waals surface area (Å²) in [7, 11) is 0. The molecule has 0 saturated heterocycles. The van der Waals surface area contributed by atoms with Crippen LogP contribution >= 0.6 is 23.6 Å². The van der Waals surface area contributed by atoms with Crippen LogP contribution in [0.4, 0.5) is 0 Å². The minimum Gasteiger partial charge on any atom is -0.392 e. The first-order valence-corrected chi connectivity index (χ1v) is 8.20. The summed E-state index contributed by atoms with van der Waals surface area (Å²) in [5.41, 5.74) is 4.72. The molecule has 20 heavy (non-hydrogen) atoms. The monoisotopic (exact) mass is 311 g/mol. The van der Waals surface area contributed by atoms with Crippen LogP contribution in [0.25, 0.3) is 0 Å². The van der Waals surface area contributed by atoms with Crippen molar-refractivity contribution in [3.63, 3.8) is 0 Å². The Morgan fingerprint density at radius 3 is 2.60 bits per heavy atom. The summed E-state index contributed by atoms with van der Waals surface area (Å²) in [5, 5.41) is 5.89. The van der Waals surface area contributed by atoms with Crippen molar-refractivity contribution in [2.75, 3.05) is 0 Å². The van der Waals surface area contributed by atoms with E-state index in [1.807, 2.05) is 19.2 Å². The minimum atomic E-state index is -0.678. The molecule has 1 aromatic heterocycles. The number of hydrogen-bond donors (Lipinski definition) is 2. The first kappa shape index (κ1) is 15.4. The Kier molecular flexibility index (Phi) is 4.44. The number of amides is 1. The number of aromatic nitrogens is 1. The van der Waals surface area contributed by atoms with E-state index < -0.39 is 11.0 Å². The van der Waals surface area contributed by atoms with Crippen LogP contribution < -0.4 is 11.1 Å². The van der Waals surface area contributed by atoms with Crippen LogP contribution in [0, 0.1) is 5.41 Å². The first-order valence-electron chi connectivity index (χ1n) is 6.91. The highest BCUT2D eigenvalue weighted by molar-refractivity contribution is 7.80. The van der Waals surface area contributed by atoms with Gasteiger partial charge in [0.1, 0.15) is 5.01 Å². The van der Waals surface area contributed by atoms with Gasteiger partial charge in [0.05, 0.1) is 15.9 Å². The largest absolute Gasteiger partial charge is 0.392 e. The van der Waals surface area contributed by atoms with Crippen LogP contribution in [0.5, 0.6) is 0 Å². The highest BCUT2D eigenvalue weighted by Crippen LogP contribution is 2.38. The van der Waals surface area contributed by atoms with Gasteiger partial charge in [0.15, 0.2) is 0 Å². The molecule has 0 atom stereocenters. The minimum absolute atomic E-state index is 0.0510. The number of thiocarbonyl (C=S) groups is 1. The molecule has 0 unspecified atom stereocenters. The topological polar surface area (TPSA) is 68.0 Å². The van der Waals surface area contributed by atoms with Crippen molar-refractivity contribution in [2.45, 2.75) is 51.5 Å². The van der Waals surface area contributed by atoms with Gasteiger partial charge in [0.25, 0.3) is 0 Å². The van der Waals surface area contributed by atoms with Crippen LogP contribution in [0.1, 0.15) is 51.0 Å². The lowest BCUT2D eigenvalue weighted by atomic mass is 9.73. The normalized spacial score (nSPS) is 18.5.